The van der Waals surface area contributed by atoms with Gasteiger partial charge in [-0.2, -0.15) is 0 Å². The van der Waals surface area contributed by atoms with Gasteiger partial charge in [-0.05, 0) is 73.1 Å². The van der Waals surface area contributed by atoms with E-state index >= 15 is 0 Å². The van der Waals surface area contributed by atoms with Gasteiger partial charge in [0.2, 0.25) is 0 Å². The first kappa shape index (κ1) is 19.5. The fourth-order valence-corrected chi connectivity index (χ4v) is 3.88. The second kappa shape index (κ2) is 10.8. The molecule has 26 heavy (non-hydrogen) atoms. The summed E-state index contributed by atoms with van der Waals surface area (Å²) in [5.41, 5.74) is 4.73. The van der Waals surface area contributed by atoms with E-state index in [-0.39, 0.29) is 0 Å². The number of ether oxygens (including phenoxy) is 1. The summed E-state index contributed by atoms with van der Waals surface area (Å²) in [5, 5.41) is 0. The summed E-state index contributed by atoms with van der Waals surface area (Å²) in [6.45, 7) is 0.836. The van der Waals surface area contributed by atoms with Crippen LogP contribution in [0.2, 0.25) is 0 Å². The number of hydrogen-bond acceptors (Lipinski definition) is 1. The normalized spacial score (nSPS) is 12.5. The summed E-state index contributed by atoms with van der Waals surface area (Å²) in [7, 11) is 0. The number of fused-ring (bicyclic) bond motifs is 1. The lowest BCUT2D eigenvalue weighted by Gasteiger charge is -2.19. The van der Waals surface area contributed by atoms with Crippen LogP contribution >= 0.6 is 15.9 Å². The van der Waals surface area contributed by atoms with Gasteiger partial charge in [-0.25, -0.2) is 0 Å². The van der Waals surface area contributed by atoms with Crippen molar-refractivity contribution in [3.05, 3.63) is 63.6 Å². The molecule has 140 valence electrons. The topological polar surface area (TPSA) is 9.23 Å². The van der Waals surface area contributed by atoms with E-state index in [1.165, 1.54) is 64.2 Å². The lowest BCUT2D eigenvalue weighted by atomic mass is 9.86. The Hall–Kier alpha value is -1.28. The molecule has 0 amide bonds. The first-order valence-corrected chi connectivity index (χ1v) is 11.1. The lowest BCUT2D eigenvalue weighted by molar-refractivity contribution is 0.304. The Bertz CT molecular complexity index is 662. The molecule has 0 bridgehead atoms. The quantitative estimate of drug-likeness (QED) is 0.331. The average Bonchev–Trinajstić information content (AvgIpc) is 2.63. The highest BCUT2D eigenvalue weighted by atomic mass is 79.9. The van der Waals surface area contributed by atoms with E-state index in [9.17, 15) is 0 Å². The van der Waals surface area contributed by atoms with Crippen molar-refractivity contribution in [2.24, 2.45) is 0 Å². The molecule has 1 aliphatic rings. The first-order chi connectivity index (χ1) is 12.8. The zero-order chi connectivity index (χ0) is 18.0. The highest BCUT2D eigenvalue weighted by Crippen LogP contribution is 2.24. The number of benzene rings is 2. The van der Waals surface area contributed by atoms with Crippen molar-refractivity contribution in [1.29, 1.82) is 0 Å². The van der Waals surface area contributed by atoms with E-state index in [4.69, 9.17) is 4.74 Å². The Morgan fingerprint density at radius 2 is 1.35 bits per heavy atom. The predicted octanol–water partition coefficient (Wildman–Crippen LogP) is 7.29. The van der Waals surface area contributed by atoms with Gasteiger partial charge in [0.15, 0.2) is 0 Å². The molecule has 2 heteroatoms. The van der Waals surface area contributed by atoms with Crippen LogP contribution in [-0.2, 0) is 19.3 Å². The monoisotopic (exact) mass is 414 g/mol. The molecule has 0 spiro atoms. The maximum Gasteiger partial charge on any atom is 0.119 e. The van der Waals surface area contributed by atoms with E-state index in [1.807, 2.05) is 24.3 Å². The van der Waals surface area contributed by atoms with Crippen molar-refractivity contribution in [2.75, 3.05) is 6.61 Å². The standard InChI is InChI=1S/C24H31BrO/c25-23-14-16-24(17-15-23)26-18-8-6-4-2-1-3-5-7-9-20-10-11-21-12-13-22(21)19-20/h10-11,14-17,19H,1-9,12-13,18H2. The highest BCUT2D eigenvalue weighted by Gasteiger charge is 2.12. The molecular formula is C24H31BrO. The van der Waals surface area contributed by atoms with Gasteiger partial charge in [0.25, 0.3) is 0 Å². The van der Waals surface area contributed by atoms with Gasteiger partial charge in [0.1, 0.15) is 5.75 Å². The zero-order valence-corrected chi connectivity index (χ0v) is 17.4. The number of aryl methyl sites for hydroxylation is 3. The molecule has 0 N–H and O–H groups in total. The third kappa shape index (κ3) is 6.46. The highest BCUT2D eigenvalue weighted by molar-refractivity contribution is 9.10. The number of unbranched alkanes of at least 4 members (excludes halogenated alkanes) is 7. The van der Waals surface area contributed by atoms with Gasteiger partial charge in [-0.1, -0.05) is 72.7 Å². The molecule has 1 nitrogen and oxygen atoms in total. The van der Waals surface area contributed by atoms with Gasteiger partial charge >= 0.3 is 0 Å². The largest absolute Gasteiger partial charge is 0.494 e. The van der Waals surface area contributed by atoms with Crippen molar-refractivity contribution < 1.29 is 4.74 Å². The fourth-order valence-electron chi connectivity index (χ4n) is 3.62. The van der Waals surface area contributed by atoms with Gasteiger partial charge in [-0.3, -0.25) is 0 Å². The van der Waals surface area contributed by atoms with Gasteiger partial charge < -0.3 is 4.74 Å². The molecule has 0 radical (unpaired) electrons. The Kier molecular flexibility index (Phi) is 8.07. The summed E-state index contributed by atoms with van der Waals surface area (Å²) in [5.74, 6) is 0.973. The van der Waals surface area contributed by atoms with Crippen LogP contribution in [0.5, 0.6) is 5.75 Å². The SMILES string of the molecule is Brc1ccc(OCCCCCCCCCCc2ccc3c(c2)CC3)cc1. The van der Waals surface area contributed by atoms with E-state index in [0.717, 1.165) is 23.2 Å². The minimum absolute atomic E-state index is 0.836. The Morgan fingerprint density at radius 1 is 0.692 bits per heavy atom. The van der Waals surface area contributed by atoms with Gasteiger partial charge in [-0.15, -0.1) is 0 Å². The molecule has 0 aromatic heterocycles. The van der Waals surface area contributed by atoms with Crippen LogP contribution in [0.4, 0.5) is 0 Å². The van der Waals surface area contributed by atoms with E-state index in [1.54, 1.807) is 16.7 Å². The molecular weight excluding hydrogens is 384 g/mol. The Labute approximate surface area is 167 Å². The first-order valence-electron chi connectivity index (χ1n) is 10.3. The minimum Gasteiger partial charge on any atom is -0.494 e. The summed E-state index contributed by atoms with van der Waals surface area (Å²) in [6, 6.07) is 15.2. The molecule has 0 unspecified atom stereocenters. The molecule has 0 saturated heterocycles. The van der Waals surface area contributed by atoms with Crippen LogP contribution in [0.15, 0.2) is 46.9 Å². The summed E-state index contributed by atoms with van der Waals surface area (Å²) >= 11 is 3.44. The maximum absolute atomic E-state index is 5.76. The molecule has 1 aliphatic carbocycles. The molecule has 2 aromatic carbocycles. The summed E-state index contributed by atoms with van der Waals surface area (Å²) in [6.07, 6.45) is 14.5. The predicted molar refractivity (Wildman–Crippen MR) is 114 cm³/mol. The number of halogens is 1. The van der Waals surface area contributed by atoms with Crippen LogP contribution in [0.3, 0.4) is 0 Å². The second-order valence-electron chi connectivity index (χ2n) is 7.48. The Balaban J connectivity index is 1.12. The van der Waals surface area contributed by atoms with Crippen LogP contribution < -0.4 is 4.74 Å². The third-order valence-corrected chi connectivity index (χ3v) is 5.91. The van der Waals surface area contributed by atoms with Crippen molar-refractivity contribution in [3.8, 4) is 5.75 Å². The molecule has 2 aromatic rings. The molecule has 3 rings (SSSR count). The van der Waals surface area contributed by atoms with Crippen LogP contribution in [-0.4, -0.2) is 6.61 Å². The fraction of sp³-hybridized carbons (Fsp3) is 0.500. The second-order valence-corrected chi connectivity index (χ2v) is 8.40. The van der Waals surface area contributed by atoms with Crippen molar-refractivity contribution in [1.82, 2.24) is 0 Å². The smallest absolute Gasteiger partial charge is 0.119 e. The van der Waals surface area contributed by atoms with Crippen LogP contribution in [0.1, 0.15) is 68.1 Å². The third-order valence-electron chi connectivity index (χ3n) is 5.38. The molecule has 0 saturated carbocycles. The van der Waals surface area contributed by atoms with Crippen molar-refractivity contribution >= 4 is 15.9 Å². The minimum atomic E-state index is 0.836. The van der Waals surface area contributed by atoms with Crippen molar-refractivity contribution in [3.63, 3.8) is 0 Å². The van der Waals surface area contributed by atoms with Gasteiger partial charge in [0.05, 0.1) is 6.61 Å². The molecule has 0 atom stereocenters. The zero-order valence-electron chi connectivity index (χ0n) is 15.8. The molecule has 0 aliphatic heterocycles. The maximum atomic E-state index is 5.76. The van der Waals surface area contributed by atoms with Crippen LogP contribution in [0, 0.1) is 0 Å². The average molecular weight is 415 g/mol. The molecule has 0 heterocycles. The summed E-state index contributed by atoms with van der Waals surface area (Å²) < 4.78 is 6.86. The van der Waals surface area contributed by atoms with Gasteiger partial charge in [0, 0.05) is 4.47 Å². The number of rotatable bonds is 12. The van der Waals surface area contributed by atoms with Crippen LogP contribution in [0.25, 0.3) is 0 Å². The van der Waals surface area contributed by atoms with E-state index < -0.39 is 0 Å². The number of hydrogen-bond donors (Lipinski definition) is 0. The van der Waals surface area contributed by atoms with E-state index in [2.05, 4.69) is 34.1 Å². The summed E-state index contributed by atoms with van der Waals surface area (Å²) in [4.78, 5) is 0. The molecule has 0 fully saturated rings. The lowest BCUT2D eigenvalue weighted by Crippen LogP contribution is -2.08. The Morgan fingerprint density at radius 3 is 2.00 bits per heavy atom. The van der Waals surface area contributed by atoms with Crippen molar-refractivity contribution in [2.45, 2.75) is 70.6 Å². The van der Waals surface area contributed by atoms with E-state index in [0.29, 0.717) is 0 Å².